The third-order valence-corrected chi connectivity index (χ3v) is 4.90. The fraction of sp³-hybridized carbons (Fsp3) is 0.118. The second-order valence-corrected chi connectivity index (χ2v) is 7.55. The van der Waals surface area contributed by atoms with E-state index in [0.717, 1.165) is 11.8 Å². The largest absolute Gasteiger partial charge is 0.477 e. The van der Waals surface area contributed by atoms with Crippen molar-refractivity contribution in [2.75, 3.05) is 6.26 Å². The number of carbonyl (C=O) groups is 1. The average Bonchev–Trinajstić information content (AvgIpc) is 2.92. The van der Waals surface area contributed by atoms with Crippen molar-refractivity contribution < 1.29 is 18.3 Å². The lowest BCUT2D eigenvalue weighted by atomic mass is 9.99. The molecule has 1 N–H and O–H groups in total. The molecule has 0 aliphatic heterocycles. The lowest BCUT2D eigenvalue weighted by Gasteiger charge is -2.06. The third kappa shape index (κ3) is 3.16. The number of benzene rings is 1. The van der Waals surface area contributed by atoms with Crippen LogP contribution in [0.5, 0.6) is 0 Å². The molecule has 0 aliphatic carbocycles. The first-order chi connectivity index (χ1) is 11.8. The maximum Gasteiger partial charge on any atom is 0.354 e. The summed E-state index contributed by atoms with van der Waals surface area (Å²) in [5, 5.41) is 13.9. The van der Waals surface area contributed by atoms with Gasteiger partial charge >= 0.3 is 5.97 Å². The molecule has 128 valence electrons. The van der Waals surface area contributed by atoms with E-state index in [2.05, 4.69) is 10.1 Å². The van der Waals surface area contributed by atoms with Gasteiger partial charge < -0.3 is 5.11 Å². The van der Waals surface area contributed by atoms with E-state index in [1.165, 1.54) is 16.8 Å². The summed E-state index contributed by atoms with van der Waals surface area (Å²) in [5.74, 6) is -1.11. The summed E-state index contributed by atoms with van der Waals surface area (Å²) in [5.41, 5.74) is 2.25. The van der Waals surface area contributed by atoms with Crippen molar-refractivity contribution in [3.63, 3.8) is 0 Å². The molecule has 0 radical (unpaired) electrons. The summed E-state index contributed by atoms with van der Waals surface area (Å²) >= 11 is 0. The number of hydrogen-bond acceptors (Lipinski definition) is 5. The van der Waals surface area contributed by atoms with Crippen molar-refractivity contribution in [2.24, 2.45) is 7.05 Å². The highest BCUT2D eigenvalue weighted by Gasteiger charge is 2.24. The van der Waals surface area contributed by atoms with Crippen LogP contribution in [0.25, 0.3) is 22.4 Å². The number of aromatic nitrogens is 3. The Balaban J connectivity index is 2.25. The maximum atomic E-state index is 11.7. The SMILES string of the molecule is Cn1nc(-c2ccncc2)c(-c2ccc(S(C)(=O)=O)cc2)c1C(=O)O. The Labute approximate surface area is 144 Å². The van der Waals surface area contributed by atoms with Gasteiger partial charge in [-0.05, 0) is 29.8 Å². The number of hydrogen-bond donors (Lipinski definition) is 1. The van der Waals surface area contributed by atoms with E-state index in [1.807, 2.05) is 0 Å². The van der Waals surface area contributed by atoms with Gasteiger partial charge in [0.15, 0.2) is 15.5 Å². The number of sulfone groups is 1. The van der Waals surface area contributed by atoms with Crippen molar-refractivity contribution in [3.8, 4) is 22.4 Å². The van der Waals surface area contributed by atoms with Crippen LogP contribution in [0.3, 0.4) is 0 Å². The van der Waals surface area contributed by atoms with Crippen LogP contribution >= 0.6 is 0 Å². The summed E-state index contributed by atoms with van der Waals surface area (Å²) in [4.78, 5) is 15.8. The molecule has 0 aliphatic rings. The van der Waals surface area contributed by atoms with Crippen LogP contribution in [-0.2, 0) is 16.9 Å². The van der Waals surface area contributed by atoms with Crippen LogP contribution in [0.1, 0.15) is 10.5 Å². The fourth-order valence-corrected chi connectivity index (χ4v) is 3.25. The monoisotopic (exact) mass is 357 g/mol. The number of carboxylic acid groups (broad SMARTS) is 1. The number of rotatable bonds is 4. The first-order valence-electron chi connectivity index (χ1n) is 7.30. The van der Waals surface area contributed by atoms with E-state index in [0.29, 0.717) is 16.8 Å². The Kier molecular flexibility index (Phi) is 4.13. The first kappa shape index (κ1) is 16.8. The van der Waals surface area contributed by atoms with Gasteiger partial charge in [0.05, 0.1) is 4.90 Å². The Morgan fingerprint density at radius 1 is 1.04 bits per heavy atom. The van der Waals surface area contributed by atoms with Gasteiger partial charge in [0.25, 0.3) is 0 Å². The topological polar surface area (TPSA) is 102 Å². The molecule has 7 nitrogen and oxygen atoms in total. The highest BCUT2D eigenvalue weighted by molar-refractivity contribution is 7.90. The molecule has 1 aromatic carbocycles. The Hall–Kier alpha value is -3.00. The van der Waals surface area contributed by atoms with Crippen molar-refractivity contribution in [2.45, 2.75) is 4.90 Å². The smallest absolute Gasteiger partial charge is 0.354 e. The van der Waals surface area contributed by atoms with Gasteiger partial charge in [0.1, 0.15) is 5.69 Å². The molecule has 0 fully saturated rings. The highest BCUT2D eigenvalue weighted by atomic mass is 32.2. The standard InChI is InChI=1S/C17H15N3O4S/c1-20-16(17(21)22)14(15(19-20)12-7-9-18-10-8-12)11-3-5-13(6-4-11)25(2,23)24/h3-10H,1-2H3,(H,21,22). The second kappa shape index (κ2) is 6.14. The van der Waals surface area contributed by atoms with Crippen molar-refractivity contribution in [3.05, 3.63) is 54.5 Å². The number of carboxylic acids is 1. The molecular weight excluding hydrogens is 342 g/mol. The minimum Gasteiger partial charge on any atom is -0.477 e. The molecule has 0 bridgehead atoms. The Bertz CT molecular complexity index is 1040. The third-order valence-electron chi connectivity index (χ3n) is 3.77. The normalized spacial score (nSPS) is 11.4. The van der Waals surface area contributed by atoms with Gasteiger partial charge in [-0.2, -0.15) is 5.10 Å². The first-order valence-corrected chi connectivity index (χ1v) is 9.19. The molecule has 0 spiro atoms. The van der Waals surface area contributed by atoms with Crippen molar-refractivity contribution in [1.29, 1.82) is 0 Å². The van der Waals surface area contributed by atoms with Crippen LogP contribution < -0.4 is 0 Å². The van der Waals surface area contributed by atoms with E-state index in [1.54, 1.807) is 43.7 Å². The van der Waals surface area contributed by atoms with Crippen LogP contribution in [0.15, 0.2) is 53.7 Å². The summed E-state index contributed by atoms with van der Waals surface area (Å²) in [6, 6.07) is 9.57. The number of nitrogens with zero attached hydrogens (tertiary/aromatic N) is 3. The minimum absolute atomic E-state index is 0.0268. The van der Waals surface area contributed by atoms with Gasteiger partial charge in [-0.25, -0.2) is 13.2 Å². The molecule has 0 saturated heterocycles. The number of aromatic carboxylic acids is 1. The van der Waals surface area contributed by atoms with Gasteiger partial charge in [-0.3, -0.25) is 9.67 Å². The molecule has 2 aromatic heterocycles. The van der Waals surface area contributed by atoms with E-state index in [9.17, 15) is 18.3 Å². The van der Waals surface area contributed by atoms with E-state index < -0.39 is 15.8 Å². The fourth-order valence-electron chi connectivity index (χ4n) is 2.62. The zero-order chi connectivity index (χ0) is 18.2. The Morgan fingerprint density at radius 3 is 2.16 bits per heavy atom. The molecule has 0 atom stereocenters. The molecule has 0 saturated carbocycles. The average molecular weight is 357 g/mol. The molecule has 0 amide bonds. The van der Waals surface area contributed by atoms with E-state index in [4.69, 9.17) is 0 Å². The summed E-state index contributed by atoms with van der Waals surface area (Å²) in [6.45, 7) is 0. The number of aryl methyl sites for hydroxylation is 1. The molecule has 3 aromatic rings. The summed E-state index contributed by atoms with van der Waals surface area (Å²) in [7, 11) is -1.77. The zero-order valence-electron chi connectivity index (χ0n) is 13.5. The predicted octanol–water partition coefficient (Wildman–Crippen LogP) is 2.25. The van der Waals surface area contributed by atoms with Crippen LogP contribution in [0, 0.1) is 0 Å². The van der Waals surface area contributed by atoms with Gasteiger partial charge in [0, 0.05) is 36.8 Å². The zero-order valence-corrected chi connectivity index (χ0v) is 14.4. The molecule has 25 heavy (non-hydrogen) atoms. The summed E-state index contributed by atoms with van der Waals surface area (Å²) in [6.07, 6.45) is 4.32. The van der Waals surface area contributed by atoms with Crippen LogP contribution in [-0.4, -0.2) is 40.5 Å². The number of pyridine rings is 1. The van der Waals surface area contributed by atoms with Crippen molar-refractivity contribution in [1.82, 2.24) is 14.8 Å². The van der Waals surface area contributed by atoms with Crippen LogP contribution in [0.2, 0.25) is 0 Å². The van der Waals surface area contributed by atoms with Crippen LogP contribution in [0.4, 0.5) is 0 Å². The van der Waals surface area contributed by atoms with Gasteiger partial charge in [-0.15, -0.1) is 0 Å². The lowest BCUT2D eigenvalue weighted by molar-refractivity contribution is 0.0686. The molecule has 2 heterocycles. The molecule has 3 rings (SSSR count). The van der Waals surface area contributed by atoms with Crippen molar-refractivity contribution >= 4 is 15.8 Å². The predicted molar refractivity (Wildman–Crippen MR) is 91.9 cm³/mol. The Morgan fingerprint density at radius 2 is 1.64 bits per heavy atom. The molecular formula is C17H15N3O4S. The van der Waals surface area contributed by atoms with Gasteiger partial charge in [0.2, 0.25) is 0 Å². The lowest BCUT2D eigenvalue weighted by Crippen LogP contribution is -2.06. The maximum absolute atomic E-state index is 11.7. The molecule has 0 unspecified atom stereocenters. The molecule has 8 heteroatoms. The summed E-state index contributed by atoms with van der Waals surface area (Å²) < 4.78 is 24.6. The minimum atomic E-state index is -3.33. The quantitative estimate of drug-likeness (QED) is 0.768. The van der Waals surface area contributed by atoms with E-state index >= 15 is 0 Å². The second-order valence-electron chi connectivity index (χ2n) is 5.53. The van der Waals surface area contributed by atoms with Gasteiger partial charge in [-0.1, -0.05) is 12.1 Å². The highest BCUT2D eigenvalue weighted by Crippen LogP contribution is 2.34. The van der Waals surface area contributed by atoms with E-state index in [-0.39, 0.29) is 10.6 Å².